The highest BCUT2D eigenvalue weighted by Crippen LogP contribution is 2.21. The molecule has 0 atom stereocenters. The van der Waals surface area contributed by atoms with Crippen molar-refractivity contribution in [2.45, 2.75) is 32.6 Å². The number of piperidine rings is 1. The average Bonchev–Trinajstić information content (AvgIpc) is 2.56. The quantitative estimate of drug-likeness (QED) is 0.441. The normalized spacial score (nSPS) is 16.4. The van der Waals surface area contributed by atoms with E-state index in [9.17, 15) is 9.59 Å². The Balaban J connectivity index is 1.74. The number of hydrogen-bond donors (Lipinski definition) is 0. The predicted molar refractivity (Wildman–Crippen MR) is 85.8 cm³/mol. The van der Waals surface area contributed by atoms with Crippen molar-refractivity contribution in [1.82, 2.24) is 4.90 Å². The van der Waals surface area contributed by atoms with E-state index in [1.165, 1.54) is 0 Å². The number of rotatable bonds is 7. The first-order chi connectivity index (χ1) is 10.7. The second-order valence-electron chi connectivity index (χ2n) is 5.85. The van der Waals surface area contributed by atoms with Crippen molar-refractivity contribution in [3.63, 3.8) is 0 Å². The van der Waals surface area contributed by atoms with Gasteiger partial charge in [0.05, 0.1) is 13.2 Å². The summed E-state index contributed by atoms with van der Waals surface area (Å²) in [5.74, 6) is 0.154. The van der Waals surface area contributed by atoms with Gasteiger partial charge in [0.2, 0.25) is 0 Å². The monoisotopic (exact) mass is 303 g/mol. The number of carbonyl (C=O) groups is 2. The smallest absolute Gasteiger partial charge is 0.320 e. The van der Waals surface area contributed by atoms with E-state index in [4.69, 9.17) is 4.74 Å². The van der Waals surface area contributed by atoms with Gasteiger partial charge in [0, 0.05) is 11.5 Å². The topological polar surface area (TPSA) is 46.6 Å². The van der Waals surface area contributed by atoms with Gasteiger partial charge >= 0.3 is 5.97 Å². The molecule has 0 aromatic heterocycles. The average molecular weight is 303 g/mol. The van der Waals surface area contributed by atoms with Crippen LogP contribution in [0.3, 0.4) is 0 Å². The number of ether oxygens (including phenoxy) is 1. The van der Waals surface area contributed by atoms with Gasteiger partial charge in [-0.1, -0.05) is 43.7 Å². The first kappa shape index (κ1) is 16.7. The summed E-state index contributed by atoms with van der Waals surface area (Å²) in [5.41, 5.74) is 0.792. The molecule has 4 nitrogen and oxygen atoms in total. The van der Waals surface area contributed by atoms with Crippen molar-refractivity contribution in [2.24, 2.45) is 5.92 Å². The number of nitrogens with zero attached hydrogens (tertiary/aromatic N) is 1. The molecule has 0 N–H and O–H groups in total. The van der Waals surface area contributed by atoms with Crippen LogP contribution in [-0.4, -0.2) is 42.9 Å². The number of benzene rings is 1. The highest BCUT2D eigenvalue weighted by Gasteiger charge is 2.26. The summed E-state index contributed by atoms with van der Waals surface area (Å²) in [7, 11) is 0. The summed E-state index contributed by atoms with van der Waals surface area (Å²) < 4.78 is 5.18. The summed E-state index contributed by atoms with van der Waals surface area (Å²) in [6.07, 6.45) is 3.57. The van der Waals surface area contributed by atoms with Crippen LogP contribution in [0.25, 0.3) is 0 Å². The van der Waals surface area contributed by atoms with Gasteiger partial charge in [-0.05, 0) is 32.4 Å². The maximum absolute atomic E-state index is 12.4. The molecule has 22 heavy (non-hydrogen) atoms. The minimum atomic E-state index is -0.152. The van der Waals surface area contributed by atoms with Gasteiger partial charge in [-0.15, -0.1) is 0 Å². The fraction of sp³-hybridized carbons (Fsp3) is 0.556. The van der Waals surface area contributed by atoms with Crippen molar-refractivity contribution in [3.8, 4) is 0 Å². The SMILES string of the molecule is CCCCOC(=O)CN1CCC(C(=O)c2ccccc2)CC1. The number of hydrogen-bond acceptors (Lipinski definition) is 4. The predicted octanol–water partition coefficient (Wildman–Crippen LogP) is 2.92. The maximum Gasteiger partial charge on any atom is 0.320 e. The van der Waals surface area contributed by atoms with Crippen molar-refractivity contribution < 1.29 is 14.3 Å². The third-order valence-electron chi connectivity index (χ3n) is 4.13. The minimum absolute atomic E-state index is 0.0785. The van der Waals surface area contributed by atoms with Crippen LogP contribution in [0, 0.1) is 5.92 Å². The lowest BCUT2D eigenvalue weighted by atomic mass is 9.89. The second-order valence-corrected chi connectivity index (χ2v) is 5.85. The molecular formula is C18H25NO3. The Morgan fingerprint density at radius 3 is 2.50 bits per heavy atom. The number of likely N-dealkylation sites (tertiary alicyclic amines) is 1. The first-order valence-electron chi connectivity index (χ1n) is 8.18. The van der Waals surface area contributed by atoms with Gasteiger partial charge in [-0.3, -0.25) is 14.5 Å². The van der Waals surface area contributed by atoms with Crippen molar-refractivity contribution in [3.05, 3.63) is 35.9 Å². The first-order valence-corrected chi connectivity index (χ1v) is 8.18. The number of carbonyl (C=O) groups excluding carboxylic acids is 2. The largest absolute Gasteiger partial charge is 0.465 e. The summed E-state index contributed by atoms with van der Waals surface area (Å²) in [6, 6.07) is 9.46. The van der Waals surface area contributed by atoms with E-state index in [1.807, 2.05) is 30.3 Å². The van der Waals surface area contributed by atoms with Crippen LogP contribution >= 0.6 is 0 Å². The van der Waals surface area contributed by atoms with E-state index >= 15 is 0 Å². The summed E-state index contributed by atoms with van der Waals surface area (Å²) >= 11 is 0. The lowest BCUT2D eigenvalue weighted by molar-refractivity contribution is -0.145. The van der Waals surface area contributed by atoms with Gasteiger partial charge in [-0.25, -0.2) is 0 Å². The zero-order chi connectivity index (χ0) is 15.8. The van der Waals surface area contributed by atoms with Gasteiger partial charge in [0.25, 0.3) is 0 Å². The molecule has 1 heterocycles. The molecular weight excluding hydrogens is 278 g/mol. The van der Waals surface area contributed by atoms with Crippen LogP contribution < -0.4 is 0 Å². The maximum atomic E-state index is 12.4. The lowest BCUT2D eigenvalue weighted by Gasteiger charge is -2.30. The van der Waals surface area contributed by atoms with Crippen molar-refractivity contribution in [2.75, 3.05) is 26.2 Å². The standard InChI is InChI=1S/C18H25NO3/c1-2-3-13-22-17(20)14-19-11-9-16(10-12-19)18(21)15-7-5-4-6-8-15/h4-8,16H,2-3,9-14H2,1H3. The van der Waals surface area contributed by atoms with Crippen LogP contribution in [0.1, 0.15) is 43.0 Å². The van der Waals surface area contributed by atoms with Gasteiger partial charge in [-0.2, -0.15) is 0 Å². The molecule has 4 heteroatoms. The Morgan fingerprint density at radius 1 is 1.18 bits per heavy atom. The number of Topliss-reactive ketones (excluding diaryl/α,β-unsaturated/α-hetero) is 1. The summed E-state index contributed by atoms with van der Waals surface area (Å²) in [4.78, 5) is 26.2. The Hall–Kier alpha value is -1.68. The van der Waals surface area contributed by atoms with Gasteiger partial charge < -0.3 is 4.74 Å². The van der Waals surface area contributed by atoms with E-state index in [0.717, 1.165) is 44.3 Å². The van der Waals surface area contributed by atoms with Crippen LogP contribution in [0.5, 0.6) is 0 Å². The van der Waals surface area contributed by atoms with Gasteiger partial charge in [0.1, 0.15) is 0 Å². The number of unbranched alkanes of at least 4 members (excludes halogenated alkanes) is 1. The molecule has 2 rings (SSSR count). The van der Waals surface area contributed by atoms with E-state index in [2.05, 4.69) is 11.8 Å². The fourth-order valence-electron chi connectivity index (χ4n) is 2.75. The van der Waals surface area contributed by atoms with E-state index in [-0.39, 0.29) is 17.7 Å². The molecule has 0 aliphatic carbocycles. The van der Waals surface area contributed by atoms with Crippen LogP contribution in [0.4, 0.5) is 0 Å². The fourth-order valence-corrected chi connectivity index (χ4v) is 2.75. The summed E-state index contributed by atoms with van der Waals surface area (Å²) in [5, 5.41) is 0. The molecule has 1 aromatic rings. The molecule has 0 unspecified atom stereocenters. The lowest BCUT2D eigenvalue weighted by Crippen LogP contribution is -2.39. The zero-order valence-electron chi connectivity index (χ0n) is 13.3. The van der Waals surface area contributed by atoms with Gasteiger partial charge in [0.15, 0.2) is 5.78 Å². The molecule has 1 aromatic carbocycles. The zero-order valence-corrected chi connectivity index (χ0v) is 13.3. The van der Waals surface area contributed by atoms with Crippen LogP contribution in [0.2, 0.25) is 0 Å². The Bertz CT molecular complexity index is 478. The molecule has 120 valence electrons. The summed E-state index contributed by atoms with van der Waals surface area (Å²) in [6.45, 7) is 4.49. The van der Waals surface area contributed by atoms with E-state index in [0.29, 0.717) is 13.2 Å². The highest BCUT2D eigenvalue weighted by molar-refractivity contribution is 5.97. The molecule has 0 radical (unpaired) electrons. The molecule has 1 aliphatic rings. The highest BCUT2D eigenvalue weighted by atomic mass is 16.5. The molecule has 1 aliphatic heterocycles. The van der Waals surface area contributed by atoms with Crippen molar-refractivity contribution in [1.29, 1.82) is 0 Å². The third-order valence-corrected chi connectivity index (χ3v) is 4.13. The third kappa shape index (κ3) is 4.95. The number of ketones is 1. The Morgan fingerprint density at radius 2 is 1.86 bits per heavy atom. The van der Waals surface area contributed by atoms with E-state index < -0.39 is 0 Å². The minimum Gasteiger partial charge on any atom is -0.465 e. The van der Waals surface area contributed by atoms with E-state index in [1.54, 1.807) is 0 Å². The Kier molecular flexibility index (Phi) is 6.59. The van der Waals surface area contributed by atoms with Crippen molar-refractivity contribution >= 4 is 11.8 Å². The molecule has 0 saturated carbocycles. The molecule has 1 saturated heterocycles. The molecule has 0 amide bonds. The van der Waals surface area contributed by atoms with Crippen LogP contribution in [-0.2, 0) is 9.53 Å². The van der Waals surface area contributed by atoms with Crippen LogP contribution in [0.15, 0.2) is 30.3 Å². The Labute approximate surface area is 132 Å². The molecule has 0 bridgehead atoms. The molecule has 1 fully saturated rings. The number of esters is 1. The molecule has 0 spiro atoms. The second kappa shape index (κ2) is 8.69.